The van der Waals surface area contributed by atoms with Crippen molar-refractivity contribution < 1.29 is 29.2 Å². The summed E-state index contributed by atoms with van der Waals surface area (Å²) in [5.41, 5.74) is 1.62. The van der Waals surface area contributed by atoms with Crippen molar-refractivity contribution in [2.75, 3.05) is 21.3 Å². The molecule has 0 bridgehead atoms. The molecular weight excluding hydrogens is 312 g/mol. The van der Waals surface area contributed by atoms with E-state index in [9.17, 15) is 10.2 Å². The minimum absolute atomic E-state index is 0.174. The minimum Gasteiger partial charge on any atom is -0.504 e. The summed E-state index contributed by atoms with van der Waals surface area (Å²) in [6, 6.07) is 8.23. The van der Waals surface area contributed by atoms with Gasteiger partial charge in [-0.3, -0.25) is 0 Å². The lowest BCUT2D eigenvalue weighted by Gasteiger charge is -2.34. The molecule has 2 atom stereocenters. The molecule has 3 rings (SSSR count). The fourth-order valence-corrected chi connectivity index (χ4v) is 2.93. The van der Waals surface area contributed by atoms with Crippen LogP contribution in [0.2, 0.25) is 0 Å². The van der Waals surface area contributed by atoms with Gasteiger partial charge in [-0.25, -0.2) is 0 Å². The lowest BCUT2D eigenvalue weighted by atomic mass is 9.93. The molecule has 1 heterocycles. The Balaban J connectivity index is 2.03. The summed E-state index contributed by atoms with van der Waals surface area (Å²) < 4.78 is 22.4. The van der Waals surface area contributed by atoms with Crippen LogP contribution in [0.1, 0.15) is 17.2 Å². The molecular formula is C18H20O6. The van der Waals surface area contributed by atoms with Crippen LogP contribution in [0.15, 0.2) is 30.3 Å². The Morgan fingerprint density at radius 3 is 2.42 bits per heavy atom. The molecule has 0 spiro atoms. The highest BCUT2D eigenvalue weighted by atomic mass is 16.5. The Morgan fingerprint density at radius 2 is 1.79 bits per heavy atom. The molecule has 0 amide bonds. The standard InChI is InChI=1S/C18H20O6/c1-21-11-7-15(22-2)12-9-17(23-3)18(24-16(12)8-11)10-4-5-13(19)14(20)6-10/h4-8,17-20H,9H2,1-3H3. The van der Waals surface area contributed by atoms with E-state index < -0.39 is 6.10 Å². The summed E-state index contributed by atoms with van der Waals surface area (Å²) >= 11 is 0. The Labute approximate surface area is 140 Å². The van der Waals surface area contributed by atoms with Gasteiger partial charge in [-0.15, -0.1) is 0 Å². The topological polar surface area (TPSA) is 77.4 Å². The lowest BCUT2D eigenvalue weighted by Crippen LogP contribution is -2.32. The number of methoxy groups -OCH3 is 3. The van der Waals surface area contributed by atoms with Gasteiger partial charge in [-0.2, -0.15) is 0 Å². The third-order valence-corrected chi connectivity index (χ3v) is 4.22. The number of phenolic OH excluding ortho intramolecular Hbond substituents is 2. The fraction of sp³-hybridized carbons (Fsp3) is 0.333. The molecule has 0 saturated carbocycles. The number of hydrogen-bond donors (Lipinski definition) is 2. The highest BCUT2D eigenvalue weighted by Gasteiger charge is 2.34. The van der Waals surface area contributed by atoms with Gasteiger partial charge in [-0.05, 0) is 17.7 Å². The van der Waals surface area contributed by atoms with Gasteiger partial charge in [0.15, 0.2) is 17.6 Å². The van der Waals surface area contributed by atoms with Gasteiger partial charge < -0.3 is 29.2 Å². The van der Waals surface area contributed by atoms with Crippen LogP contribution in [0.4, 0.5) is 0 Å². The van der Waals surface area contributed by atoms with Crippen molar-refractivity contribution in [3.8, 4) is 28.7 Å². The molecule has 2 aromatic carbocycles. The van der Waals surface area contributed by atoms with Crippen LogP contribution in [-0.2, 0) is 11.2 Å². The van der Waals surface area contributed by atoms with E-state index in [0.717, 1.165) is 5.56 Å². The summed E-state index contributed by atoms with van der Waals surface area (Å²) in [7, 11) is 4.79. The Kier molecular flexibility index (Phi) is 4.40. The molecule has 6 heteroatoms. The molecule has 2 aromatic rings. The zero-order valence-corrected chi connectivity index (χ0v) is 13.8. The molecule has 0 aromatic heterocycles. The molecule has 128 valence electrons. The van der Waals surface area contributed by atoms with Crippen molar-refractivity contribution in [3.05, 3.63) is 41.5 Å². The largest absolute Gasteiger partial charge is 0.504 e. The van der Waals surface area contributed by atoms with E-state index in [1.54, 1.807) is 33.5 Å². The third-order valence-electron chi connectivity index (χ3n) is 4.22. The molecule has 2 unspecified atom stereocenters. The van der Waals surface area contributed by atoms with E-state index in [4.69, 9.17) is 18.9 Å². The first kappa shape index (κ1) is 16.3. The van der Waals surface area contributed by atoms with Gasteiger partial charge in [0.05, 0.1) is 14.2 Å². The summed E-state index contributed by atoms with van der Waals surface area (Å²) in [4.78, 5) is 0. The fourth-order valence-electron chi connectivity index (χ4n) is 2.93. The number of benzene rings is 2. The maximum atomic E-state index is 9.76. The molecule has 1 aliphatic rings. The van der Waals surface area contributed by atoms with Crippen molar-refractivity contribution >= 4 is 0 Å². The Morgan fingerprint density at radius 1 is 1.00 bits per heavy atom. The van der Waals surface area contributed by atoms with Gasteiger partial charge in [0, 0.05) is 31.2 Å². The highest BCUT2D eigenvalue weighted by Crippen LogP contribution is 2.44. The summed E-state index contributed by atoms with van der Waals surface area (Å²) in [5, 5.41) is 19.3. The number of aromatic hydroxyl groups is 2. The Bertz CT molecular complexity index is 743. The number of rotatable bonds is 4. The summed E-state index contributed by atoms with van der Waals surface area (Å²) in [5.74, 6) is 1.59. The predicted octanol–water partition coefficient (Wildman–Crippen LogP) is 2.81. The third kappa shape index (κ3) is 2.80. The van der Waals surface area contributed by atoms with Gasteiger partial charge in [-0.1, -0.05) is 6.07 Å². The van der Waals surface area contributed by atoms with Crippen LogP contribution >= 0.6 is 0 Å². The van der Waals surface area contributed by atoms with Crippen LogP contribution in [0.5, 0.6) is 28.7 Å². The monoisotopic (exact) mass is 332 g/mol. The predicted molar refractivity (Wildman–Crippen MR) is 87.2 cm³/mol. The van der Waals surface area contributed by atoms with Crippen molar-refractivity contribution in [2.24, 2.45) is 0 Å². The molecule has 0 aliphatic carbocycles. The molecule has 24 heavy (non-hydrogen) atoms. The van der Waals surface area contributed by atoms with Crippen LogP contribution in [0.25, 0.3) is 0 Å². The molecule has 1 aliphatic heterocycles. The van der Waals surface area contributed by atoms with Gasteiger partial charge >= 0.3 is 0 Å². The zero-order valence-electron chi connectivity index (χ0n) is 13.8. The lowest BCUT2D eigenvalue weighted by molar-refractivity contribution is -0.0122. The van der Waals surface area contributed by atoms with Crippen molar-refractivity contribution in [2.45, 2.75) is 18.6 Å². The average molecular weight is 332 g/mol. The first-order chi connectivity index (χ1) is 11.6. The maximum absolute atomic E-state index is 9.76. The first-order valence-electron chi connectivity index (χ1n) is 7.53. The molecule has 0 saturated heterocycles. The quantitative estimate of drug-likeness (QED) is 0.839. The van der Waals surface area contributed by atoms with E-state index in [1.807, 2.05) is 6.07 Å². The maximum Gasteiger partial charge on any atom is 0.157 e. The number of phenols is 2. The highest BCUT2D eigenvalue weighted by molar-refractivity contribution is 5.53. The first-order valence-corrected chi connectivity index (χ1v) is 7.53. The van der Waals surface area contributed by atoms with Crippen LogP contribution < -0.4 is 14.2 Å². The zero-order chi connectivity index (χ0) is 17.3. The number of fused-ring (bicyclic) bond motifs is 1. The average Bonchev–Trinajstić information content (AvgIpc) is 2.61. The second-order valence-electron chi connectivity index (χ2n) is 5.57. The van der Waals surface area contributed by atoms with Gasteiger partial charge in [0.25, 0.3) is 0 Å². The van der Waals surface area contributed by atoms with Crippen molar-refractivity contribution in [3.63, 3.8) is 0 Å². The molecule has 6 nitrogen and oxygen atoms in total. The van der Waals surface area contributed by atoms with E-state index in [2.05, 4.69) is 0 Å². The second kappa shape index (κ2) is 6.49. The van der Waals surface area contributed by atoms with Crippen LogP contribution in [-0.4, -0.2) is 37.6 Å². The Hall–Kier alpha value is -2.60. The van der Waals surface area contributed by atoms with E-state index in [0.29, 0.717) is 29.2 Å². The molecule has 0 radical (unpaired) electrons. The normalized spacial score (nSPS) is 19.3. The van der Waals surface area contributed by atoms with Crippen molar-refractivity contribution in [1.29, 1.82) is 0 Å². The van der Waals surface area contributed by atoms with Gasteiger partial charge in [0.2, 0.25) is 0 Å². The van der Waals surface area contributed by atoms with E-state index in [1.165, 1.54) is 12.1 Å². The number of ether oxygens (including phenoxy) is 4. The molecule has 2 N–H and O–H groups in total. The summed E-state index contributed by atoms with van der Waals surface area (Å²) in [6.07, 6.45) is -0.0970. The van der Waals surface area contributed by atoms with Crippen molar-refractivity contribution in [1.82, 2.24) is 0 Å². The summed E-state index contributed by atoms with van der Waals surface area (Å²) in [6.45, 7) is 0. The van der Waals surface area contributed by atoms with E-state index >= 15 is 0 Å². The SMILES string of the molecule is COc1cc(OC)c2c(c1)OC(c1ccc(O)c(O)c1)C(OC)C2. The van der Waals surface area contributed by atoms with Crippen LogP contribution in [0.3, 0.4) is 0 Å². The smallest absolute Gasteiger partial charge is 0.157 e. The van der Waals surface area contributed by atoms with Gasteiger partial charge in [0.1, 0.15) is 23.4 Å². The second-order valence-corrected chi connectivity index (χ2v) is 5.57. The van der Waals surface area contributed by atoms with Crippen LogP contribution in [0, 0.1) is 0 Å². The minimum atomic E-state index is -0.425. The number of hydrogen-bond acceptors (Lipinski definition) is 6. The molecule has 0 fully saturated rings. The van der Waals surface area contributed by atoms with E-state index in [-0.39, 0.29) is 17.6 Å².